The number of carbonyl (C=O) groups is 1. The number of carbonyl (C=O) groups excluding carboxylic acids is 1. The molecule has 9 nitrogen and oxygen atoms in total. The Bertz CT molecular complexity index is 1750. The van der Waals surface area contributed by atoms with Gasteiger partial charge in [-0.15, -0.1) is 0 Å². The predicted octanol–water partition coefficient (Wildman–Crippen LogP) is 6.19. The number of piperidine rings is 1. The normalized spacial score (nSPS) is 20.2. The zero-order valence-electron chi connectivity index (χ0n) is 24.5. The Morgan fingerprint density at radius 2 is 1.95 bits per heavy atom. The first kappa shape index (κ1) is 28.3. The molecule has 1 unspecified atom stereocenters. The number of hydrogen-bond donors (Lipinski definition) is 0. The van der Waals surface area contributed by atoms with Crippen LogP contribution in [0.4, 0.5) is 10.1 Å². The van der Waals surface area contributed by atoms with E-state index in [1.165, 1.54) is 13.2 Å². The average Bonchev–Trinajstić information content (AvgIpc) is 3.37. The zero-order valence-corrected chi connectivity index (χ0v) is 24.5. The molecule has 3 aliphatic heterocycles. The van der Waals surface area contributed by atoms with Gasteiger partial charge in [-0.1, -0.05) is 24.3 Å². The van der Waals surface area contributed by atoms with E-state index < -0.39 is 11.9 Å². The molecule has 1 aromatic heterocycles. The number of methoxy groups -OCH3 is 1. The smallest absolute Gasteiger partial charge is 0.337 e. The Morgan fingerprint density at radius 1 is 1.11 bits per heavy atom. The summed E-state index contributed by atoms with van der Waals surface area (Å²) >= 11 is 0. The Kier molecular flexibility index (Phi) is 7.66. The summed E-state index contributed by atoms with van der Waals surface area (Å²) in [5.74, 6) is 1.76. The van der Waals surface area contributed by atoms with Gasteiger partial charge in [-0.25, -0.2) is 19.0 Å². The molecule has 0 bridgehead atoms. The number of halogens is 1. The molecule has 0 spiro atoms. The van der Waals surface area contributed by atoms with Crippen LogP contribution in [0.25, 0.3) is 15.9 Å². The maximum Gasteiger partial charge on any atom is 0.337 e. The van der Waals surface area contributed by atoms with Crippen LogP contribution >= 0.6 is 0 Å². The molecule has 0 aliphatic carbocycles. The van der Waals surface area contributed by atoms with Crippen LogP contribution < -0.4 is 9.47 Å². The molecule has 0 radical (unpaired) electrons. The Morgan fingerprint density at radius 3 is 2.68 bits per heavy atom. The first-order chi connectivity index (χ1) is 21.5. The summed E-state index contributed by atoms with van der Waals surface area (Å²) in [5, 5.41) is 0. The van der Waals surface area contributed by atoms with Crippen molar-refractivity contribution in [1.29, 1.82) is 0 Å². The van der Waals surface area contributed by atoms with Crippen LogP contribution in [0.1, 0.15) is 58.6 Å². The lowest BCUT2D eigenvalue weighted by atomic mass is 9.88. The number of fused-ring (bicyclic) bond motifs is 2. The van der Waals surface area contributed by atoms with Gasteiger partial charge in [-0.05, 0) is 68.6 Å². The number of rotatable bonds is 7. The molecule has 10 heteroatoms. The molecule has 2 fully saturated rings. The number of para-hydroxylation sites is 1. The van der Waals surface area contributed by atoms with E-state index in [1.807, 2.05) is 24.3 Å². The topological polar surface area (TPSA) is 79.4 Å². The van der Waals surface area contributed by atoms with Crippen molar-refractivity contribution >= 4 is 22.7 Å². The van der Waals surface area contributed by atoms with Gasteiger partial charge in [-0.3, -0.25) is 4.90 Å². The third-order valence-corrected chi connectivity index (χ3v) is 8.94. The van der Waals surface area contributed by atoms with Crippen molar-refractivity contribution in [3.8, 4) is 11.5 Å². The monoisotopic (exact) mass is 596 g/mol. The Balaban J connectivity index is 1.07. The number of benzene rings is 3. The fourth-order valence-corrected chi connectivity index (χ4v) is 6.41. The number of aromatic nitrogens is 2. The van der Waals surface area contributed by atoms with Gasteiger partial charge in [0.2, 0.25) is 0 Å². The number of likely N-dealkylation sites (tertiary alicyclic amines) is 1. The van der Waals surface area contributed by atoms with E-state index in [2.05, 4.69) is 20.4 Å². The highest BCUT2D eigenvalue weighted by molar-refractivity contribution is 5.93. The summed E-state index contributed by atoms with van der Waals surface area (Å²) < 4.78 is 40.1. The first-order valence-corrected chi connectivity index (χ1v) is 15.0. The summed E-state index contributed by atoms with van der Waals surface area (Å²) in [6.45, 7) is 11.3. The molecule has 44 heavy (non-hydrogen) atoms. The van der Waals surface area contributed by atoms with E-state index in [0.29, 0.717) is 35.7 Å². The molecule has 3 aromatic carbocycles. The van der Waals surface area contributed by atoms with Crippen molar-refractivity contribution in [3.63, 3.8) is 0 Å². The van der Waals surface area contributed by atoms with Crippen LogP contribution in [0.3, 0.4) is 0 Å². The largest absolute Gasteiger partial charge is 0.485 e. The van der Waals surface area contributed by atoms with E-state index in [-0.39, 0.29) is 30.3 Å². The first-order valence-electron chi connectivity index (χ1n) is 15.0. The van der Waals surface area contributed by atoms with E-state index in [1.54, 1.807) is 18.2 Å². The molecule has 4 aromatic rings. The zero-order chi connectivity index (χ0) is 30.2. The van der Waals surface area contributed by atoms with Gasteiger partial charge in [0.05, 0.1) is 49.5 Å². The number of hydrogen-bond acceptors (Lipinski definition) is 7. The van der Waals surface area contributed by atoms with Crippen molar-refractivity contribution in [2.24, 2.45) is 0 Å². The lowest BCUT2D eigenvalue weighted by molar-refractivity contribution is -0.0592. The molecule has 2 saturated heterocycles. The molecule has 226 valence electrons. The third-order valence-electron chi connectivity index (χ3n) is 8.94. The van der Waals surface area contributed by atoms with Gasteiger partial charge in [0.25, 0.3) is 0 Å². The van der Waals surface area contributed by atoms with E-state index in [4.69, 9.17) is 30.5 Å². The van der Waals surface area contributed by atoms with Gasteiger partial charge >= 0.3 is 5.97 Å². The fourth-order valence-electron chi connectivity index (χ4n) is 6.41. The number of ether oxygens (including phenoxy) is 4. The molecule has 3 aliphatic rings. The number of esters is 1. The van der Waals surface area contributed by atoms with E-state index in [0.717, 1.165) is 61.4 Å². The molecule has 2 atom stereocenters. The quantitative estimate of drug-likeness (QED) is 0.186. The molecular weight excluding hydrogens is 563 g/mol. The highest BCUT2D eigenvalue weighted by atomic mass is 19.1. The van der Waals surface area contributed by atoms with Gasteiger partial charge in [0.15, 0.2) is 23.3 Å². The predicted molar refractivity (Wildman–Crippen MR) is 161 cm³/mol. The number of imidazole rings is 1. The third kappa shape index (κ3) is 5.38. The Labute approximate surface area is 254 Å². The maximum absolute atomic E-state index is 14.8. The van der Waals surface area contributed by atoms with Crippen molar-refractivity contribution in [3.05, 3.63) is 94.3 Å². The SMILES string of the molecule is [C-]#[N+]c1ccc(C2COc3cccc(C4CCN(Cc5nc6ccc(C(=O)OC)cc6n5C[C@@H]5CCO5)CC4)c3O2)c(F)c1. The number of nitrogens with zero attached hydrogens (tertiary/aromatic N) is 4. The minimum atomic E-state index is -0.587. The molecule has 0 amide bonds. The van der Waals surface area contributed by atoms with E-state index in [9.17, 15) is 9.18 Å². The van der Waals surface area contributed by atoms with Crippen LogP contribution in [0.2, 0.25) is 0 Å². The average molecular weight is 597 g/mol. The van der Waals surface area contributed by atoms with Crippen LogP contribution in [0, 0.1) is 12.4 Å². The maximum atomic E-state index is 14.8. The van der Waals surface area contributed by atoms with E-state index >= 15 is 0 Å². The minimum Gasteiger partial charge on any atom is -0.485 e. The lowest BCUT2D eigenvalue weighted by Crippen LogP contribution is -2.35. The van der Waals surface area contributed by atoms with Crippen LogP contribution in [-0.4, -0.2) is 59.9 Å². The second-order valence-corrected chi connectivity index (χ2v) is 11.6. The highest BCUT2D eigenvalue weighted by Crippen LogP contribution is 2.45. The van der Waals surface area contributed by atoms with Gasteiger partial charge in [-0.2, -0.15) is 0 Å². The van der Waals surface area contributed by atoms with Crippen molar-refractivity contribution in [2.45, 2.75) is 50.5 Å². The summed E-state index contributed by atoms with van der Waals surface area (Å²) in [4.78, 5) is 22.9. The highest BCUT2D eigenvalue weighted by Gasteiger charge is 2.31. The Hall–Kier alpha value is -4.46. The summed E-state index contributed by atoms with van der Waals surface area (Å²) in [6.07, 6.45) is 2.42. The minimum absolute atomic E-state index is 0.146. The molecule has 7 rings (SSSR count). The second-order valence-electron chi connectivity index (χ2n) is 11.6. The lowest BCUT2D eigenvalue weighted by Gasteiger charge is -2.35. The van der Waals surface area contributed by atoms with Crippen molar-refractivity contribution in [2.75, 3.05) is 33.4 Å². The molecule has 0 N–H and O–H groups in total. The molecular formula is C34H33FN4O5. The second kappa shape index (κ2) is 11.9. The van der Waals surface area contributed by atoms with Crippen molar-refractivity contribution in [1.82, 2.24) is 14.5 Å². The summed E-state index contributed by atoms with van der Waals surface area (Å²) in [7, 11) is 1.39. The van der Waals surface area contributed by atoms with Crippen molar-refractivity contribution < 1.29 is 28.1 Å². The van der Waals surface area contributed by atoms with Crippen LogP contribution in [0.5, 0.6) is 11.5 Å². The summed E-state index contributed by atoms with van der Waals surface area (Å²) in [6, 6.07) is 15.9. The van der Waals surface area contributed by atoms with Crippen LogP contribution in [0.15, 0.2) is 54.6 Å². The fraction of sp³-hybridized carbons (Fsp3) is 0.382. The van der Waals surface area contributed by atoms with Gasteiger partial charge in [0.1, 0.15) is 18.2 Å². The van der Waals surface area contributed by atoms with Crippen LogP contribution in [-0.2, 0) is 22.6 Å². The molecule has 4 heterocycles. The van der Waals surface area contributed by atoms with Gasteiger partial charge < -0.3 is 23.5 Å². The standard InChI is InChI=1S/C34H33FN4O5/c1-36-23-7-8-26(27(35)17-23)31-20-43-30-5-3-4-25(33(30)44-31)21-10-13-38(14-11-21)19-32-37-28-9-6-22(34(40)41-2)16-29(28)39(32)18-24-12-15-42-24/h3-9,16-17,21,24,31H,10-15,18-20H2,2H3/t24-,31?/m0/s1. The van der Waals surface area contributed by atoms with Gasteiger partial charge in [0, 0.05) is 17.7 Å². The molecule has 0 saturated carbocycles. The summed E-state index contributed by atoms with van der Waals surface area (Å²) in [5.41, 5.74) is 4.00.